The van der Waals surface area contributed by atoms with E-state index < -0.39 is 0 Å². The quantitative estimate of drug-likeness (QED) is 0.783. The fourth-order valence-electron chi connectivity index (χ4n) is 4.94. The molecule has 4 heteroatoms. The van der Waals surface area contributed by atoms with Crippen LogP contribution in [0.5, 0.6) is 11.5 Å². The lowest BCUT2D eigenvalue weighted by Crippen LogP contribution is -2.41. The van der Waals surface area contributed by atoms with Crippen molar-refractivity contribution in [2.24, 2.45) is 11.3 Å². The van der Waals surface area contributed by atoms with Crippen LogP contribution in [0.25, 0.3) is 0 Å². The Hall–Kier alpha value is -1.71. The van der Waals surface area contributed by atoms with Crippen LogP contribution in [0.4, 0.5) is 0 Å². The normalized spacial score (nSPS) is 25.1. The molecule has 1 aliphatic heterocycles. The van der Waals surface area contributed by atoms with Crippen LogP contribution in [0.2, 0.25) is 0 Å². The van der Waals surface area contributed by atoms with Gasteiger partial charge in [0.25, 0.3) is 0 Å². The van der Waals surface area contributed by atoms with E-state index in [9.17, 15) is 4.79 Å². The van der Waals surface area contributed by atoms with E-state index in [2.05, 4.69) is 0 Å². The van der Waals surface area contributed by atoms with Gasteiger partial charge in [0.05, 0.1) is 13.2 Å². The number of likely N-dealkylation sites (tertiary alicyclic amines) is 1. The lowest BCUT2D eigenvalue weighted by molar-refractivity contribution is -0.137. The van der Waals surface area contributed by atoms with E-state index in [1.807, 2.05) is 36.1 Å². The first kappa shape index (κ1) is 17.7. The summed E-state index contributed by atoms with van der Waals surface area (Å²) in [6.45, 7) is 4.13. The average molecular weight is 357 g/mol. The highest BCUT2D eigenvalue weighted by atomic mass is 16.5. The third-order valence-corrected chi connectivity index (χ3v) is 6.71. The molecule has 1 atom stereocenters. The number of nitrogens with zero attached hydrogens (tertiary/aromatic N) is 1. The second-order valence-corrected chi connectivity index (χ2v) is 8.32. The maximum atomic E-state index is 12.9. The average Bonchev–Trinajstić information content (AvgIpc) is 3.10. The van der Waals surface area contributed by atoms with E-state index >= 15 is 0 Å². The topological polar surface area (TPSA) is 38.8 Å². The van der Waals surface area contributed by atoms with Crippen molar-refractivity contribution in [1.82, 2.24) is 4.90 Å². The second-order valence-electron chi connectivity index (χ2n) is 8.32. The van der Waals surface area contributed by atoms with Crippen molar-refractivity contribution >= 4 is 5.91 Å². The molecule has 2 saturated carbocycles. The number of rotatable bonds is 5. The first-order chi connectivity index (χ1) is 12.7. The Kier molecular flexibility index (Phi) is 5.10. The van der Waals surface area contributed by atoms with Crippen molar-refractivity contribution in [3.8, 4) is 11.5 Å². The molecule has 4 rings (SSSR count). The molecule has 4 nitrogen and oxygen atoms in total. The molecule has 0 bridgehead atoms. The molecular weight excluding hydrogens is 326 g/mol. The summed E-state index contributed by atoms with van der Waals surface area (Å²) in [7, 11) is 0. The largest absolute Gasteiger partial charge is 0.490 e. The molecule has 1 heterocycles. The molecule has 2 aliphatic carbocycles. The standard InChI is InChI=1S/C22H31NO3/c1-2-25-19-6-3-4-7-20(19)26-18-10-15-23(16-18)21(24)17-8-13-22(14-9-17)11-5-12-22/h3-4,6-7,17-18H,2,5,8-16H2,1H3. The number of carbonyl (C=O) groups is 1. The van der Waals surface area contributed by atoms with Crippen LogP contribution in [0.1, 0.15) is 58.3 Å². The Morgan fingerprint density at radius 3 is 2.50 bits per heavy atom. The van der Waals surface area contributed by atoms with E-state index in [1.165, 1.54) is 32.1 Å². The highest BCUT2D eigenvalue weighted by molar-refractivity contribution is 5.79. The lowest BCUT2D eigenvalue weighted by atomic mass is 9.59. The molecular formula is C22H31NO3. The van der Waals surface area contributed by atoms with Crippen molar-refractivity contribution in [2.45, 2.75) is 64.4 Å². The monoisotopic (exact) mass is 357 g/mol. The number of para-hydroxylation sites is 2. The van der Waals surface area contributed by atoms with Gasteiger partial charge in [-0.1, -0.05) is 18.6 Å². The van der Waals surface area contributed by atoms with E-state index in [-0.39, 0.29) is 12.0 Å². The first-order valence-corrected chi connectivity index (χ1v) is 10.4. The molecule has 0 aromatic heterocycles. The van der Waals surface area contributed by atoms with Crippen molar-refractivity contribution in [1.29, 1.82) is 0 Å². The lowest BCUT2D eigenvalue weighted by Gasteiger charge is -2.47. The minimum absolute atomic E-state index is 0.0714. The maximum Gasteiger partial charge on any atom is 0.225 e. The van der Waals surface area contributed by atoms with Gasteiger partial charge in [-0.3, -0.25) is 4.79 Å². The van der Waals surface area contributed by atoms with Gasteiger partial charge in [-0.15, -0.1) is 0 Å². The fraction of sp³-hybridized carbons (Fsp3) is 0.682. The number of benzene rings is 1. The van der Waals surface area contributed by atoms with Gasteiger partial charge < -0.3 is 14.4 Å². The summed E-state index contributed by atoms with van der Waals surface area (Å²) in [6.07, 6.45) is 9.87. The molecule has 1 spiro atoms. The summed E-state index contributed by atoms with van der Waals surface area (Å²) in [4.78, 5) is 15.0. The second kappa shape index (κ2) is 7.50. The van der Waals surface area contributed by atoms with Crippen LogP contribution in [-0.2, 0) is 4.79 Å². The molecule has 1 saturated heterocycles. The van der Waals surface area contributed by atoms with Gasteiger partial charge in [-0.2, -0.15) is 0 Å². The third-order valence-electron chi connectivity index (χ3n) is 6.71. The summed E-state index contributed by atoms with van der Waals surface area (Å²) >= 11 is 0. The SMILES string of the molecule is CCOc1ccccc1OC1CCN(C(=O)C2CCC3(CCC3)CC2)C1. The van der Waals surface area contributed by atoms with Crippen LogP contribution in [0.15, 0.2) is 24.3 Å². The molecule has 142 valence electrons. The number of hydrogen-bond donors (Lipinski definition) is 0. The minimum atomic E-state index is 0.0714. The Balaban J connectivity index is 1.30. The molecule has 3 fully saturated rings. The molecule has 26 heavy (non-hydrogen) atoms. The fourth-order valence-corrected chi connectivity index (χ4v) is 4.94. The van der Waals surface area contributed by atoms with Gasteiger partial charge in [0.2, 0.25) is 5.91 Å². The molecule has 1 aromatic carbocycles. The van der Waals surface area contributed by atoms with Gasteiger partial charge in [0.15, 0.2) is 11.5 Å². The summed E-state index contributed by atoms with van der Waals surface area (Å²) in [6, 6.07) is 7.82. The van der Waals surface area contributed by atoms with Gasteiger partial charge in [-0.25, -0.2) is 0 Å². The number of hydrogen-bond acceptors (Lipinski definition) is 3. The Bertz CT molecular complexity index is 630. The molecule has 0 radical (unpaired) electrons. The summed E-state index contributed by atoms with van der Waals surface area (Å²) < 4.78 is 11.8. The van der Waals surface area contributed by atoms with Crippen LogP contribution < -0.4 is 9.47 Å². The van der Waals surface area contributed by atoms with Crippen molar-refractivity contribution in [3.63, 3.8) is 0 Å². The van der Waals surface area contributed by atoms with E-state index in [1.54, 1.807) is 0 Å². The van der Waals surface area contributed by atoms with E-state index in [4.69, 9.17) is 9.47 Å². The molecule has 0 N–H and O–H groups in total. The maximum absolute atomic E-state index is 12.9. The van der Waals surface area contributed by atoms with E-state index in [0.29, 0.717) is 24.5 Å². The number of ether oxygens (including phenoxy) is 2. The zero-order chi connectivity index (χ0) is 18.0. The number of amides is 1. The predicted molar refractivity (Wildman–Crippen MR) is 101 cm³/mol. The highest BCUT2D eigenvalue weighted by Gasteiger charge is 2.42. The zero-order valence-electron chi connectivity index (χ0n) is 15.9. The summed E-state index contributed by atoms with van der Waals surface area (Å²) in [5.74, 6) is 2.19. The highest BCUT2D eigenvalue weighted by Crippen LogP contribution is 2.52. The van der Waals surface area contributed by atoms with Crippen molar-refractivity contribution < 1.29 is 14.3 Å². The molecule has 1 amide bonds. The number of carbonyl (C=O) groups excluding carboxylic acids is 1. The van der Waals surface area contributed by atoms with Crippen molar-refractivity contribution in [2.75, 3.05) is 19.7 Å². The van der Waals surface area contributed by atoms with Gasteiger partial charge in [0.1, 0.15) is 6.10 Å². The summed E-state index contributed by atoms with van der Waals surface area (Å²) in [5.41, 5.74) is 0.621. The minimum Gasteiger partial charge on any atom is -0.490 e. The smallest absolute Gasteiger partial charge is 0.225 e. The first-order valence-electron chi connectivity index (χ1n) is 10.4. The molecule has 1 aromatic rings. The van der Waals surface area contributed by atoms with Gasteiger partial charge in [-0.05, 0) is 63.0 Å². The van der Waals surface area contributed by atoms with E-state index in [0.717, 1.165) is 37.3 Å². The van der Waals surface area contributed by atoms with Crippen LogP contribution in [0.3, 0.4) is 0 Å². The molecule has 1 unspecified atom stereocenters. The van der Waals surface area contributed by atoms with Crippen molar-refractivity contribution in [3.05, 3.63) is 24.3 Å². The predicted octanol–water partition coefficient (Wildman–Crippen LogP) is 4.43. The molecule has 3 aliphatic rings. The van der Waals surface area contributed by atoms with Gasteiger partial charge >= 0.3 is 0 Å². The van der Waals surface area contributed by atoms with Crippen LogP contribution in [0, 0.1) is 11.3 Å². The Labute approximate surface area is 156 Å². The van der Waals surface area contributed by atoms with Gasteiger partial charge in [0, 0.05) is 18.9 Å². The zero-order valence-corrected chi connectivity index (χ0v) is 15.9. The Morgan fingerprint density at radius 1 is 1.12 bits per heavy atom. The Morgan fingerprint density at radius 2 is 1.85 bits per heavy atom. The third kappa shape index (κ3) is 3.56. The van der Waals surface area contributed by atoms with Crippen LogP contribution in [-0.4, -0.2) is 36.6 Å². The summed E-state index contributed by atoms with van der Waals surface area (Å²) in [5, 5.41) is 0. The van der Waals surface area contributed by atoms with Crippen LogP contribution >= 0.6 is 0 Å².